The SMILES string of the molecule is COc1cc(/C=N\S(=O)(=O)c2cccs2)cc(Cl)c1O. The Hall–Kier alpha value is -1.57. The third kappa shape index (κ3) is 3.12. The number of hydrogen-bond acceptors (Lipinski definition) is 5. The Morgan fingerprint density at radius 1 is 1.45 bits per heavy atom. The van der Waals surface area contributed by atoms with Gasteiger partial charge in [0.15, 0.2) is 11.5 Å². The zero-order chi connectivity index (χ0) is 14.8. The molecule has 0 spiro atoms. The summed E-state index contributed by atoms with van der Waals surface area (Å²) < 4.78 is 32.4. The Balaban J connectivity index is 2.35. The van der Waals surface area contributed by atoms with Gasteiger partial charge in [0, 0.05) is 6.21 Å². The Morgan fingerprint density at radius 2 is 2.20 bits per heavy atom. The Labute approximate surface area is 125 Å². The minimum absolute atomic E-state index is 0.0549. The molecule has 8 heteroatoms. The standard InChI is InChI=1S/C12H10ClNO4S2/c1-18-10-6-8(5-9(13)12(10)15)7-14-20(16,17)11-3-2-4-19-11/h2-7,15H,1H3/b14-7-. The first-order valence-electron chi connectivity index (χ1n) is 5.34. The molecule has 0 aliphatic carbocycles. The molecule has 0 aliphatic rings. The smallest absolute Gasteiger partial charge is 0.291 e. The number of aromatic hydroxyl groups is 1. The van der Waals surface area contributed by atoms with Crippen LogP contribution in [0.1, 0.15) is 5.56 Å². The monoisotopic (exact) mass is 331 g/mol. The molecule has 0 amide bonds. The lowest BCUT2D eigenvalue weighted by Gasteiger charge is -2.05. The van der Waals surface area contributed by atoms with Crippen LogP contribution in [0, 0.1) is 0 Å². The molecule has 1 heterocycles. The van der Waals surface area contributed by atoms with E-state index in [1.165, 1.54) is 25.3 Å². The van der Waals surface area contributed by atoms with Gasteiger partial charge in [-0.15, -0.1) is 11.3 Å². The lowest BCUT2D eigenvalue weighted by molar-refractivity contribution is 0.373. The molecule has 0 bridgehead atoms. The number of phenolic OH excluding ortho intramolecular Hbond substituents is 1. The van der Waals surface area contributed by atoms with Crippen LogP contribution in [0.5, 0.6) is 11.5 Å². The van der Waals surface area contributed by atoms with Crippen LogP contribution in [-0.2, 0) is 10.0 Å². The van der Waals surface area contributed by atoms with Crippen LogP contribution >= 0.6 is 22.9 Å². The van der Waals surface area contributed by atoms with Crippen LogP contribution in [0.4, 0.5) is 0 Å². The minimum atomic E-state index is -3.72. The van der Waals surface area contributed by atoms with Crippen molar-refractivity contribution >= 4 is 39.2 Å². The van der Waals surface area contributed by atoms with Crippen molar-refractivity contribution in [3.8, 4) is 11.5 Å². The fourth-order valence-electron chi connectivity index (χ4n) is 1.42. The number of methoxy groups -OCH3 is 1. The van der Waals surface area contributed by atoms with E-state index in [-0.39, 0.29) is 20.7 Å². The molecule has 0 saturated carbocycles. The summed E-state index contributed by atoms with van der Waals surface area (Å²) in [6.45, 7) is 0. The zero-order valence-corrected chi connectivity index (χ0v) is 12.7. The molecular formula is C12H10ClNO4S2. The molecule has 20 heavy (non-hydrogen) atoms. The van der Waals surface area contributed by atoms with Gasteiger partial charge in [-0.1, -0.05) is 17.7 Å². The topological polar surface area (TPSA) is 76.0 Å². The normalized spacial score (nSPS) is 11.9. The van der Waals surface area contributed by atoms with Crippen LogP contribution in [-0.4, -0.2) is 26.8 Å². The Bertz CT molecular complexity index is 739. The molecule has 1 aromatic heterocycles. The molecule has 106 valence electrons. The predicted molar refractivity (Wildman–Crippen MR) is 78.8 cm³/mol. The highest BCUT2D eigenvalue weighted by Crippen LogP contribution is 2.34. The second-order valence-corrected chi connectivity index (χ2v) is 6.91. The van der Waals surface area contributed by atoms with E-state index >= 15 is 0 Å². The second kappa shape index (κ2) is 5.82. The van der Waals surface area contributed by atoms with Crippen LogP contribution < -0.4 is 4.74 Å². The van der Waals surface area contributed by atoms with Gasteiger partial charge in [0.2, 0.25) is 0 Å². The van der Waals surface area contributed by atoms with Crippen LogP contribution in [0.2, 0.25) is 5.02 Å². The van der Waals surface area contributed by atoms with Crippen molar-refractivity contribution in [2.45, 2.75) is 4.21 Å². The molecule has 2 rings (SSSR count). The molecule has 0 aliphatic heterocycles. The van der Waals surface area contributed by atoms with Crippen molar-refractivity contribution in [2.75, 3.05) is 7.11 Å². The minimum Gasteiger partial charge on any atom is -0.503 e. The maximum atomic E-state index is 11.9. The first-order chi connectivity index (χ1) is 9.44. The fraction of sp³-hybridized carbons (Fsp3) is 0.0833. The second-order valence-electron chi connectivity index (χ2n) is 3.70. The van der Waals surface area contributed by atoms with E-state index < -0.39 is 10.0 Å². The van der Waals surface area contributed by atoms with E-state index in [9.17, 15) is 13.5 Å². The Morgan fingerprint density at radius 3 is 2.80 bits per heavy atom. The number of nitrogens with zero attached hydrogens (tertiary/aromatic N) is 1. The number of hydrogen-bond donors (Lipinski definition) is 1. The molecule has 0 saturated heterocycles. The van der Waals surface area contributed by atoms with Crippen LogP contribution in [0.3, 0.4) is 0 Å². The lowest BCUT2D eigenvalue weighted by atomic mass is 10.2. The largest absolute Gasteiger partial charge is 0.503 e. The first-order valence-corrected chi connectivity index (χ1v) is 8.04. The van der Waals surface area contributed by atoms with Crippen LogP contribution in [0.25, 0.3) is 0 Å². The van der Waals surface area contributed by atoms with Gasteiger partial charge in [0.25, 0.3) is 10.0 Å². The van der Waals surface area contributed by atoms with E-state index in [4.69, 9.17) is 16.3 Å². The molecule has 1 aromatic carbocycles. The van der Waals surface area contributed by atoms with Gasteiger partial charge < -0.3 is 9.84 Å². The van der Waals surface area contributed by atoms with E-state index in [1.807, 2.05) is 0 Å². The summed E-state index contributed by atoms with van der Waals surface area (Å²) in [5, 5.41) is 11.3. The number of phenols is 1. The third-order valence-corrected chi connectivity index (χ3v) is 5.26. The highest BCUT2D eigenvalue weighted by molar-refractivity contribution is 7.92. The lowest BCUT2D eigenvalue weighted by Crippen LogP contribution is -1.95. The number of ether oxygens (including phenoxy) is 1. The summed E-state index contributed by atoms with van der Waals surface area (Å²) in [7, 11) is -2.35. The zero-order valence-electron chi connectivity index (χ0n) is 10.3. The number of sulfonamides is 1. The average Bonchev–Trinajstić information content (AvgIpc) is 2.95. The van der Waals surface area contributed by atoms with Crippen molar-refractivity contribution in [3.63, 3.8) is 0 Å². The third-order valence-electron chi connectivity index (χ3n) is 2.36. The molecule has 0 radical (unpaired) electrons. The van der Waals surface area contributed by atoms with Crippen molar-refractivity contribution in [1.82, 2.24) is 0 Å². The summed E-state index contributed by atoms with van der Waals surface area (Å²) in [4.78, 5) is 0. The molecule has 1 N–H and O–H groups in total. The summed E-state index contributed by atoms with van der Waals surface area (Å²) in [5.41, 5.74) is 0.407. The number of rotatable bonds is 4. The van der Waals surface area contributed by atoms with Gasteiger partial charge in [0.05, 0.1) is 12.1 Å². The highest BCUT2D eigenvalue weighted by atomic mass is 35.5. The molecule has 5 nitrogen and oxygen atoms in total. The summed E-state index contributed by atoms with van der Waals surface area (Å²) in [5.74, 6) is -0.0556. The molecule has 0 atom stereocenters. The number of halogens is 1. The highest BCUT2D eigenvalue weighted by Gasteiger charge is 2.13. The molecule has 2 aromatic rings. The molecule has 0 fully saturated rings. The van der Waals surface area contributed by atoms with E-state index in [1.54, 1.807) is 11.4 Å². The van der Waals surface area contributed by atoms with E-state index in [0.717, 1.165) is 17.6 Å². The average molecular weight is 332 g/mol. The maximum Gasteiger partial charge on any atom is 0.291 e. The summed E-state index contributed by atoms with van der Waals surface area (Å²) >= 11 is 6.89. The fourth-order valence-corrected chi connectivity index (χ4v) is 3.48. The van der Waals surface area contributed by atoms with Crippen LogP contribution in [0.15, 0.2) is 38.3 Å². The van der Waals surface area contributed by atoms with Gasteiger partial charge in [-0.25, -0.2) is 0 Å². The van der Waals surface area contributed by atoms with Crippen molar-refractivity contribution in [2.24, 2.45) is 4.40 Å². The van der Waals surface area contributed by atoms with Gasteiger partial charge in [-0.2, -0.15) is 12.8 Å². The summed E-state index contributed by atoms with van der Waals surface area (Å²) in [6, 6.07) is 5.94. The summed E-state index contributed by atoms with van der Waals surface area (Å²) in [6.07, 6.45) is 1.16. The Kier molecular flexibility index (Phi) is 4.32. The quantitative estimate of drug-likeness (QED) is 0.874. The maximum absolute atomic E-state index is 11.9. The first kappa shape index (κ1) is 14.8. The van der Waals surface area contributed by atoms with Gasteiger partial charge in [0.1, 0.15) is 4.21 Å². The van der Waals surface area contributed by atoms with Crippen molar-refractivity contribution in [3.05, 3.63) is 40.2 Å². The predicted octanol–water partition coefficient (Wildman–Crippen LogP) is 2.92. The van der Waals surface area contributed by atoms with E-state index in [0.29, 0.717) is 5.56 Å². The van der Waals surface area contributed by atoms with Crippen molar-refractivity contribution < 1.29 is 18.3 Å². The van der Waals surface area contributed by atoms with Crippen molar-refractivity contribution in [1.29, 1.82) is 0 Å². The van der Waals surface area contributed by atoms with Gasteiger partial charge >= 0.3 is 0 Å². The van der Waals surface area contributed by atoms with Gasteiger partial charge in [-0.05, 0) is 29.1 Å². The molecule has 0 unspecified atom stereocenters. The van der Waals surface area contributed by atoms with Gasteiger partial charge in [-0.3, -0.25) is 0 Å². The number of thiophene rings is 1. The number of benzene rings is 1. The van der Waals surface area contributed by atoms with E-state index in [2.05, 4.69) is 4.40 Å². The molecular weight excluding hydrogens is 322 g/mol.